The summed E-state index contributed by atoms with van der Waals surface area (Å²) in [5.41, 5.74) is 5.93. The van der Waals surface area contributed by atoms with Crippen molar-refractivity contribution in [3.05, 3.63) is 47.0 Å². The summed E-state index contributed by atoms with van der Waals surface area (Å²) in [5.74, 6) is -0.151. The van der Waals surface area contributed by atoms with Crippen LogP contribution in [0.3, 0.4) is 0 Å². The van der Waals surface area contributed by atoms with Crippen molar-refractivity contribution in [1.82, 2.24) is 29.7 Å². The van der Waals surface area contributed by atoms with Crippen LogP contribution in [0.15, 0.2) is 41.5 Å². The summed E-state index contributed by atoms with van der Waals surface area (Å²) in [7, 11) is 0. The Hall–Kier alpha value is -3.89. The third-order valence-corrected chi connectivity index (χ3v) is 6.15. The first-order valence-corrected chi connectivity index (χ1v) is 10.1. The van der Waals surface area contributed by atoms with Gasteiger partial charge in [0.15, 0.2) is 11.2 Å². The summed E-state index contributed by atoms with van der Waals surface area (Å²) in [5, 5.41) is 2.96. The molecule has 160 valence electrons. The fraction of sp³-hybridized carbons (Fsp3) is 0.350. The Bertz CT molecular complexity index is 1210. The topological polar surface area (TPSA) is 142 Å². The third-order valence-electron chi connectivity index (χ3n) is 6.15. The van der Waals surface area contributed by atoms with Crippen molar-refractivity contribution < 1.29 is 9.59 Å². The lowest BCUT2D eigenvalue weighted by molar-refractivity contribution is -0.135. The number of imidazole rings is 1. The van der Waals surface area contributed by atoms with Gasteiger partial charge in [-0.3, -0.25) is 19.4 Å². The van der Waals surface area contributed by atoms with Crippen LogP contribution in [0.4, 0.5) is 11.6 Å². The van der Waals surface area contributed by atoms with E-state index in [9.17, 15) is 14.4 Å². The molecule has 31 heavy (non-hydrogen) atoms. The van der Waals surface area contributed by atoms with Crippen molar-refractivity contribution >= 4 is 34.6 Å². The van der Waals surface area contributed by atoms with Crippen LogP contribution in [0.5, 0.6) is 0 Å². The first-order chi connectivity index (χ1) is 15.0. The minimum atomic E-state index is -0.650. The van der Waals surface area contributed by atoms with E-state index >= 15 is 0 Å². The van der Waals surface area contributed by atoms with Gasteiger partial charge in [0.1, 0.15) is 12.1 Å². The van der Waals surface area contributed by atoms with Crippen LogP contribution in [-0.2, 0) is 16.1 Å². The van der Waals surface area contributed by atoms with E-state index in [2.05, 4.69) is 25.2 Å². The van der Waals surface area contributed by atoms with Gasteiger partial charge in [0.2, 0.25) is 17.8 Å². The van der Waals surface area contributed by atoms with Gasteiger partial charge in [0.05, 0.1) is 13.0 Å². The van der Waals surface area contributed by atoms with Gasteiger partial charge in [-0.2, -0.15) is 4.98 Å². The predicted molar refractivity (Wildman–Crippen MR) is 113 cm³/mol. The Balaban J connectivity index is 1.32. The van der Waals surface area contributed by atoms with Crippen LogP contribution in [-0.4, -0.2) is 61.5 Å². The molecule has 0 unspecified atom stereocenters. The Morgan fingerprint density at radius 2 is 1.90 bits per heavy atom. The van der Waals surface area contributed by atoms with Crippen molar-refractivity contribution in [1.29, 1.82) is 0 Å². The number of piperidine rings is 1. The van der Waals surface area contributed by atoms with E-state index in [0.29, 0.717) is 32.6 Å². The van der Waals surface area contributed by atoms with Crippen LogP contribution >= 0.6 is 0 Å². The van der Waals surface area contributed by atoms with Gasteiger partial charge in [-0.05, 0) is 25.0 Å². The van der Waals surface area contributed by atoms with Crippen LogP contribution in [0.25, 0.3) is 11.2 Å². The first-order valence-electron chi connectivity index (χ1n) is 10.1. The number of hydrogen-bond acceptors (Lipinski definition) is 7. The van der Waals surface area contributed by atoms with E-state index in [1.165, 1.54) is 10.9 Å². The van der Waals surface area contributed by atoms with Crippen LogP contribution in [0.2, 0.25) is 0 Å². The molecule has 11 nitrogen and oxygen atoms in total. The highest BCUT2D eigenvalue weighted by atomic mass is 16.2. The Morgan fingerprint density at radius 1 is 1.16 bits per heavy atom. The molecule has 2 aliphatic rings. The number of hydrogen-bond donors (Lipinski definition) is 3. The number of nitrogens with one attached hydrogen (secondary N) is 2. The molecule has 5 rings (SSSR count). The number of carbonyl (C=O) groups excluding carboxylic acids is 2. The normalized spacial score (nSPS) is 18.0. The van der Waals surface area contributed by atoms with Gasteiger partial charge < -0.3 is 25.4 Å². The molecule has 0 bridgehead atoms. The number of aromatic nitrogens is 4. The lowest BCUT2D eigenvalue weighted by Crippen LogP contribution is -2.57. The molecule has 0 saturated carbocycles. The fourth-order valence-corrected chi connectivity index (χ4v) is 4.49. The van der Waals surface area contributed by atoms with Gasteiger partial charge in [-0.25, -0.2) is 4.98 Å². The number of amides is 2. The molecule has 2 amide bonds. The SMILES string of the molecule is Nc1nc2c(ncn2CC(=O)N2CCC3(CC2)C(=O)NCN3c2ccccc2)c(=O)[nH]1. The number of nitrogen functional groups attached to an aromatic ring is 1. The molecule has 3 aromatic rings. The summed E-state index contributed by atoms with van der Waals surface area (Å²) in [6.07, 6.45) is 2.49. The van der Waals surface area contributed by atoms with Crippen molar-refractivity contribution in [3.8, 4) is 0 Å². The summed E-state index contributed by atoms with van der Waals surface area (Å²) in [6.45, 7) is 1.37. The Kier molecular flexibility index (Phi) is 4.38. The number of aromatic amines is 1. The summed E-state index contributed by atoms with van der Waals surface area (Å²) in [4.78, 5) is 52.0. The number of rotatable bonds is 3. The Morgan fingerprint density at radius 3 is 2.65 bits per heavy atom. The molecule has 1 aromatic carbocycles. The second kappa shape index (κ2) is 7.11. The highest BCUT2D eigenvalue weighted by molar-refractivity contribution is 5.93. The molecule has 0 aliphatic carbocycles. The number of H-pyrrole nitrogens is 1. The van der Waals surface area contributed by atoms with Crippen molar-refractivity contribution in [2.24, 2.45) is 0 Å². The molecule has 4 heterocycles. The zero-order valence-corrected chi connectivity index (χ0v) is 16.7. The molecule has 2 fully saturated rings. The summed E-state index contributed by atoms with van der Waals surface area (Å²) >= 11 is 0. The van der Waals surface area contributed by atoms with E-state index in [1.807, 2.05) is 30.3 Å². The molecule has 0 atom stereocenters. The molecule has 4 N–H and O–H groups in total. The van der Waals surface area contributed by atoms with E-state index < -0.39 is 11.1 Å². The van der Waals surface area contributed by atoms with E-state index in [4.69, 9.17) is 5.73 Å². The van der Waals surface area contributed by atoms with Gasteiger partial charge in [0, 0.05) is 18.8 Å². The zero-order chi connectivity index (χ0) is 21.6. The molecule has 0 radical (unpaired) electrons. The number of carbonyl (C=O) groups is 2. The highest BCUT2D eigenvalue weighted by Crippen LogP contribution is 2.36. The van der Waals surface area contributed by atoms with E-state index in [1.54, 1.807) is 4.90 Å². The fourth-order valence-electron chi connectivity index (χ4n) is 4.49. The third kappa shape index (κ3) is 3.09. The molecule has 11 heteroatoms. The van der Waals surface area contributed by atoms with E-state index in [0.717, 1.165) is 5.69 Å². The van der Waals surface area contributed by atoms with Crippen LogP contribution in [0.1, 0.15) is 12.8 Å². The number of para-hydroxylation sites is 1. The number of anilines is 2. The molecule has 2 aliphatic heterocycles. The maximum atomic E-state index is 12.9. The lowest BCUT2D eigenvalue weighted by atomic mass is 9.85. The van der Waals surface area contributed by atoms with Crippen LogP contribution < -0.4 is 21.5 Å². The summed E-state index contributed by atoms with van der Waals surface area (Å²) in [6, 6.07) is 9.82. The molecule has 1 spiro atoms. The maximum absolute atomic E-state index is 12.9. The maximum Gasteiger partial charge on any atom is 0.280 e. The standard InChI is InChI=1S/C20H22N8O3/c21-19-24-16-15(17(30)25-19)22-11-27(16)10-14(29)26-8-6-20(7-9-26)18(31)23-12-28(20)13-4-2-1-3-5-13/h1-5,11H,6-10,12H2,(H,23,31)(H3,21,24,25,30). The quantitative estimate of drug-likeness (QED) is 0.524. The molecular formula is C20H22N8O3. The van der Waals surface area contributed by atoms with Crippen molar-refractivity contribution in [2.45, 2.75) is 24.9 Å². The second-order valence-electron chi connectivity index (χ2n) is 7.84. The molecule has 2 aromatic heterocycles. The minimum Gasteiger partial charge on any atom is -0.369 e. The minimum absolute atomic E-state index is 0.00274. The molecular weight excluding hydrogens is 400 g/mol. The Labute approximate surface area is 176 Å². The van der Waals surface area contributed by atoms with Gasteiger partial charge in [-0.15, -0.1) is 0 Å². The molecule has 2 saturated heterocycles. The number of nitrogens with two attached hydrogens (primary N) is 1. The van der Waals surface area contributed by atoms with Gasteiger partial charge >= 0.3 is 0 Å². The predicted octanol–water partition coefficient (Wildman–Crippen LogP) is -0.343. The average Bonchev–Trinajstić information content (AvgIpc) is 3.31. The summed E-state index contributed by atoms with van der Waals surface area (Å²) < 4.78 is 1.52. The number of fused-ring (bicyclic) bond motifs is 1. The van der Waals surface area contributed by atoms with Crippen molar-refractivity contribution in [2.75, 3.05) is 30.4 Å². The van der Waals surface area contributed by atoms with Crippen LogP contribution in [0, 0.1) is 0 Å². The smallest absolute Gasteiger partial charge is 0.280 e. The van der Waals surface area contributed by atoms with Crippen molar-refractivity contribution in [3.63, 3.8) is 0 Å². The number of benzene rings is 1. The van der Waals surface area contributed by atoms with E-state index in [-0.39, 0.29) is 35.5 Å². The number of likely N-dealkylation sites (tertiary alicyclic amines) is 1. The zero-order valence-electron chi connectivity index (χ0n) is 16.7. The second-order valence-corrected chi connectivity index (χ2v) is 7.84. The van der Waals surface area contributed by atoms with Gasteiger partial charge in [0.25, 0.3) is 5.56 Å². The number of nitrogens with zero attached hydrogens (tertiary/aromatic N) is 5. The lowest BCUT2D eigenvalue weighted by Gasteiger charge is -2.43. The van der Waals surface area contributed by atoms with Gasteiger partial charge in [-0.1, -0.05) is 18.2 Å². The highest BCUT2D eigenvalue weighted by Gasteiger charge is 2.50. The monoisotopic (exact) mass is 422 g/mol. The average molecular weight is 422 g/mol. The first kappa shape index (κ1) is 19.1. The largest absolute Gasteiger partial charge is 0.369 e.